The van der Waals surface area contributed by atoms with Gasteiger partial charge in [-0.25, -0.2) is 9.37 Å². The summed E-state index contributed by atoms with van der Waals surface area (Å²) in [5, 5.41) is 3.32. The maximum atomic E-state index is 13.1. The Labute approximate surface area is 160 Å². The molecule has 1 heterocycles. The Kier molecular flexibility index (Phi) is 5.71. The van der Waals surface area contributed by atoms with Gasteiger partial charge in [0.1, 0.15) is 17.3 Å². The zero-order chi connectivity index (χ0) is 19.4. The van der Waals surface area contributed by atoms with Crippen molar-refractivity contribution >= 4 is 22.4 Å². The maximum absolute atomic E-state index is 13.1. The molecule has 140 valence electrons. The molecule has 0 saturated carbocycles. The van der Waals surface area contributed by atoms with E-state index in [1.807, 2.05) is 6.92 Å². The number of hydrogen-bond acceptors (Lipinski definition) is 5. The Hall–Kier alpha value is -2.93. The van der Waals surface area contributed by atoms with Gasteiger partial charge in [-0.1, -0.05) is 6.07 Å². The van der Waals surface area contributed by atoms with Gasteiger partial charge >= 0.3 is 0 Å². The lowest BCUT2D eigenvalue weighted by molar-refractivity contribution is -0.115. The van der Waals surface area contributed by atoms with E-state index in [0.29, 0.717) is 16.6 Å². The molecule has 0 aliphatic rings. The van der Waals surface area contributed by atoms with Crippen LogP contribution < -0.4 is 14.8 Å². The Morgan fingerprint density at radius 3 is 2.56 bits per heavy atom. The zero-order valence-electron chi connectivity index (χ0n) is 15.2. The topological polar surface area (TPSA) is 60.5 Å². The van der Waals surface area contributed by atoms with Crippen molar-refractivity contribution in [2.24, 2.45) is 0 Å². The van der Waals surface area contributed by atoms with Crippen LogP contribution in [0.15, 0.2) is 42.5 Å². The minimum absolute atomic E-state index is 0.150. The predicted molar refractivity (Wildman–Crippen MR) is 104 cm³/mol. The molecule has 1 N–H and O–H groups in total. The van der Waals surface area contributed by atoms with Crippen LogP contribution in [0.4, 0.5) is 9.52 Å². The third-order valence-electron chi connectivity index (χ3n) is 4.01. The molecule has 2 aromatic carbocycles. The van der Waals surface area contributed by atoms with Crippen molar-refractivity contribution in [1.29, 1.82) is 0 Å². The van der Waals surface area contributed by atoms with Gasteiger partial charge in [0.25, 0.3) is 0 Å². The number of rotatable bonds is 6. The summed E-state index contributed by atoms with van der Waals surface area (Å²) >= 11 is 1.38. The first-order chi connectivity index (χ1) is 13.0. The van der Waals surface area contributed by atoms with E-state index in [4.69, 9.17) is 9.47 Å². The quantitative estimate of drug-likeness (QED) is 0.680. The second-order valence-electron chi connectivity index (χ2n) is 5.83. The first kappa shape index (κ1) is 18.8. The summed E-state index contributed by atoms with van der Waals surface area (Å²) in [6.07, 6.45) is 0.150. The van der Waals surface area contributed by atoms with E-state index in [1.165, 1.54) is 23.5 Å². The van der Waals surface area contributed by atoms with Gasteiger partial charge < -0.3 is 14.8 Å². The fourth-order valence-electron chi connectivity index (χ4n) is 2.66. The highest BCUT2D eigenvalue weighted by atomic mass is 32.1. The average Bonchev–Trinajstić information content (AvgIpc) is 3.02. The molecule has 3 rings (SSSR count). The normalized spacial score (nSPS) is 10.5. The molecule has 27 heavy (non-hydrogen) atoms. The Bertz CT molecular complexity index is 954. The summed E-state index contributed by atoms with van der Waals surface area (Å²) in [7, 11) is 3.12. The molecule has 0 bridgehead atoms. The Balaban J connectivity index is 1.73. The summed E-state index contributed by atoms with van der Waals surface area (Å²) in [6, 6.07) is 11.4. The molecule has 0 spiro atoms. The van der Waals surface area contributed by atoms with Crippen LogP contribution in [0, 0.1) is 12.7 Å². The number of thiazole rings is 1. The maximum Gasteiger partial charge on any atom is 0.230 e. The van der Waals surface area contributed by atoms with Crippen molar-refractivity contribution < 1.29 is 18.7 Å². The van der Waals surface area contributed by atoms with Gasteiger partial charge in [0, 0.05) is 22.1 Å². The van der Waals surface area contributed by atoms with Crippen molar-refractivity contribution in [3.63, 3.8) is 0 Å². The van der Waals surface area contributed by atoms with Gasteiger partial charge in [0.2, 0.25) is 5.91 Å². The lowest BCUT2D eigenvalue weighted by Gasteiger charge is -2.10. The van der Waals surface area contributed by atoms with Crippen LogP contribution >= 0.6 is 11.3 Å². The van der Waals surface area contributed by atoms with Crippen molar-refractivity contribution in [2.75, 3.05) is 19.5 Å². The number of aromatic nitrogens is 1. The number of aryl methyl sites for hydroxylation is 1. The molecule has 1 aromatic heterocycles. The smallest absolute Gasteiger partial charge is 0.230 e. The van der Waals surface area contributed by atoms with Crippen LogP contribution in [0.1, 0.15) is 10.4 Å². The summed E-state index contributed by atoms with van der Waals surface area (Å²) in [6.45, 7) is 1.92. The fourth-order valence-corrected chi connectivity index (χ4v) is 3.51. The number of hydrogen-bond donors (Lipinski definition) is 1. The van der Waals surface area contributed by atoms with E-state index in [0.717, 1.165) is 21.7 Å². The highest BCUT2D eigenvalue weighted by Crippen LogP contribution is 2.31. The molecule has 5 nitrogen and oxygen atoms in total. The molecule has 0 aliphatic carbocycles. The molecule has 0 saturated heterocycles. The van der Waals surface area contributed by atoms with Gasteiger partial charge in [0.05, 0.1) is 26.3 Å². The number of anilines is 1. The van der Waals surface area contributed by atoms with Crippen LogP contribution in [0.3, 0.4) is 0 Å². The molecule has 0 atom stereocenters. The Morgan fingerprint density at radius 1 is 1.15 bits per heavy atom. The van der Waals surface area contributed by atoms with Crippen LogP contribution in [-0.2, 0) is 11.2 Å². The third-order valence-corrected chi connectivity index (χ3v) is 4.89. The summed E-state index contributed by atoms with van der Waals surface area (Å²) in [5.74, 6) is 0.758. The lowest BCUT2D eigenvalue weighted by Crippen LogP contribution is -2.14. The number of carbonyl (C=O) groups excluding carboxylic acids is 1. The number of ether oxygens (including phenoxy) is 2. The van der Waals surface area contributed by atoms with Gasteiger partial charge in [-0.05, 0) is 37.3 Å². The summed E-state index contributed by atoms with van der Waals surface area (Å²) in [4.78, 5) is 17.8. The van der Waals surface area contributed by atoms with Crippen LogP contribution in [0.25, 0.3) is 11.3 Å². The molecule has 1 amide bonds. The highest BCUT2D eigenvalue weighted by molar-refractivity contribution is 7.16. The minimum atomic E-state index is -0.298. The minimum Gasteiger partial charge on any atom is -0.497 e. The molecular weight excluding hydrogens is 367 g/mol. The Morgan fingerprint density at radius 2 is 1.89 bits per heavy atom. The van der Waals surface area contributed by atoms with Gasteiger partial charge in [-0.3, -0.25) is 4.79 Å². The number of halogens is 1. The van der Waals surface area contributed by atoms with Crippen LogP contribution in [-0.4, -0.2) is 25.1 Å². The van der Waals surface area contributed by atoms with E-state index in [1.54, 1.807) is 44.6 Å². The number of amides is 1. The lowest BCUT2D eigenvalue weighted by atomic mass is 10.1. The van der Waals surface area contributed by atoms with E-state index in [9.17, 15) is 9.18 Å². The number of methoxy groups -OCH3 is 2. The first-order valence-corrected chi connectivity index (χ1v) is 9.06. The van der Waals surface area contributed by atoms with E-state index in [2.05, 4.69) is 10.3 Å². The van der Waals surface area contributed by atoms with Crippen molar-refractivity contribution in [2.45, 2.75) is 13.3 Å². The molecule has 0 unspecified atom stereocenters. The van der Waals surface area contributed by atoms with Gasteiger partial charge in [0.15, 0.2) is 5.13 Å². The molecule has 0 radical (unpaired) electrons. The summed E-state index contributed by atoms with van der Waals surface area (Å²) < 4.78 is 23.6. The second-order valence-corrected chi connectivity index (χ2v) is 7.04. The average molecular weight is 386 g/mol. The largest absolute Gasteiger partial charge is 0.497 e. The standard InChI is InChI=1S/C20H19FN2O3S/c1-12-19(13-4-7-15(21)8-5-13)23-20(27-12)22-18(24)10-14-6-9-16(25-2)11-17(14)26-3/h4-9,11H,10H2,1-3H3,(H,22,23,24). The second kappa shape index (κ2) is 8.18. The fraction of sp³-hybridized carbons (Fsp3) is 0.200. The SMILES string of the molecule is COc1ccc(CC(=O)Nc2nc(-c3ccc(F)cc3)c(C)s2)c(OC)c1. The first-order valence-electron chi connectivity index (χ1n) is 8.24. The number of nitrogens with zero attached hydrogens (tertiary/aromatic N) is 1. The third kappa shape index (κ3) is 4.43. The van der Waals surface area contributed by atoms with E-state index in [-0.39, 0.29) is 18.1 Å². The van der Waals surface area contributed by atoms with Gasteiger partial charge in [-0.2, -0.15) is 0 Å². The number of benzene rings is 2. The van der Waals surface area contributed by atoms with Gasteiger partial charge in [-0.15, -0.1) is 11.3 Å². The monoisotopic (exact) mass is 386 g/mol. The number of nitrogens with one attached hydrogen (secondary N) is 1. The zero-order valence-corrected chi connectivity index (χ0v) is 16.0. The van der Waals surface area contributed by atoms with Crippen molar-refractivity contribution in [3.05, 3.63) is 58.7 Å². The number of carbonyl (C=O) groups is 1. The molecule has 0 aliphatic heterocycles. The van der Waals surface area contributed by atoms with E-state index < -0.39 is 0 Å². The van der Waals surface area contributed by atoms with Crippen LogP contribution in [0.2, 0.25) is 0 Å². The molecule has 3 aromatic rings. The summed E-state index contributed by atoms with van der Waals surface area (Å²) in [5.41, 5.74) is 2.29. The van der Waals surface area contributed by atoms with Crippen LogP contribution in [0.5, 0.6) is 11.5 Å². The predicted octanol–water partition coefficient (Wildman–Crippen LogP) is 4.46. The van der Waals surface area contributed by atoms with E-state index >= 15 is 0 Å². The van der Waals surface area contributed by atoms with Crippen molar-refractivity contribution in [3.8, 4) is 22.8 Å². The van der Waals surface area contributed by atoms with Crippen molar-refractivity contribution in [1.82, 2.24) is 4.98 Å². The molecule has 0 fully saturated rings. The highest BCUT2D eigenvalue weighted by Gasteiger charge is 2.14. The molecule has 7 heteroatoms. The molecular formula is C20H19FN2O3S.